The molecule has 2 aliphatic rings. The summed E-state index contributed by atoms with van der Waals surface area (Å²) >= 11 is 0. The van der Waals surface area contributed by atoms with Crippen LogP contribution in [-0.4, -0.2) is 12.7 Å². The quantitative estimate of drug-likeness (QED) is 0.635. The van der Waals surface area contributed by atoms with Gasteiger partial charge in [-0.05, 0) is 33.5 Å². The molecule has 0 bridgehead atoms. The van der Waals surface area contributed by atoms with E-state index in [1.807, 2.05) is 0 Å². The van der Waals surface area contributed by atoms with E-state index in [2.05, 4.69) is 42.5 Å². The van der Waals surface area contributed by atoms with E-state index < -0.39 is 0 Å². The fourth-order valence-corrected chi connectivity index (χ4v) is 2.47. The number of benzene rings is 2. The van der Waals surface area contributed by atoms with Crippen LogP contribution in [0.25, 0.3) is 22.4 Å². The largest absolute Gasteiger partial charge is 0.368 e. The van der Waals surface area contributed by atoms with Crippen molar-refractivity contribution in [3.8, 4) is 0 Å². The first-order valence-electron chi connectivity index (χ1n) is 5.29. The molecule has 1 heterocycles. The highest BCUT2D eigenvalue weighted by Gasteiger charge is 2.31. The Morgan fingerprint density at radius 3 is 2.67 bits per heavy atom. The lowest BCUT2D eigenvalue weighted by molar-refractivity contribution is 0.445. The summed E-state index contributed by atoms with van der Waals surface area (Å²) in [7, 11) is 0. The van der Waals surface area contributed by atoms with Gasteiger partial charge < -0.3 is 4.74 Å². The molecule has 0 aromatic heterocycles. The predicted octanol–water partition coefficient (Wildman–Crippen LogP) is 3.09. The minimum atomic E-state index is 0.350. The summed E-state index contributed by atoms with van der Waals surface area (Å²) in [4.78, 5) is 0. The lowest BCUT2D eigenvalue weighted by Gasteiger charge is -2.02. The van der Waals surface area contributed by atoms with Crippen molar-refractivity contribution in [1.82, 2.24) is 0 Å². The minimum absolute atomic E-state index is 0.350. The van der Waals surface area contributed by atoms with Crippen LogP contribution in [0.15, 0.2) is 36.4 Å². The second kappa shape index (κ2) is 2.50. The molecule has 0 amide bonds. The Bertz CT molecular complexity index is 586. The molecular weight excluding hydrogens is 184 g/mol. The summed E-state index contributed by atoms with van der Waals surface area (Å²) in [6.07, 6.45) is 2.62. The van der Waals surface area contributed by atoms with Crippen molar-refractivity contribution < 1.29 is 4.74 Å². The summed E-state index contributed by atoms with van der Waals surface area (Å²) in [5.41, 5.74) is 4.07. The van der Waals surface area contributed by atoms with Crippen molar-refractivity contribution in [3.63, 3.8) is 0 Å². The van der Waals surface area contributed by atoms with Crippen LogP contribution in [0.1, 0.15) is 11.1 Å². The number of rotatable bonds is 1. The third-order valence-electron chi connectivity index (χ3n) is 3.24. The van der Waals surface area contributed by atoms with E-state index >= 15 is 0 Å². The molecule has 2 aromatic carbocycles. The lowest BCUT2D eigenvalue weighted by Crippen LogP contribution is -1.88. The fourth-order valence-electron chi connectivity index (χ4n) is 2.47. The molecule has 0 saturated carbocycles. The van der Waals surface area contributed by atoms with Gasteiger partial charge in [-0.1, -0.05) is 36.4 Å². The van der Waals surface area contributed by atoms with Gasteiger partial charge in [0, 0.05) is 0 Å². The van der Waals surface area contributed by atoms with Crippen LogP contribution in [0.2, 0.25) is 0 Å². The highest BCUT2D eigenvalue weighted by molar-refractivity contribution is 6.10. The molecule has 1 saturated heterocycles. The second-order valence-corrected chi connectivity index (χ2v) is 4.17. The summed E-state index contributed by atoms with van der Waals surface area (Å²) in [6.45, 7) is 0.885. The van der Waals surface area contributed by atoms with Crippen molar-refractivity contribution in [3.05, 3.63) is 47.5 Å². The molecule has 15 heavy (non-hydrogen) atoms. The zero-order valence-electron chi connectivity index (χ0n) is 8.23. The molecule has 1 nitrogen and oxygen atoms in total. The van der Waals surface area contributed by atoms with Crippen molar-refractivity contribution in [2.75, 3.05) is 6.61 Å². The summed E-state index contributed by atoms with van der Waals surface area (Å²) < 4.78 is 5.39. The fraction of sp³-hybridized carbons (Fsp3) is 0.143. The van der Waals surface area contributed by atoms with Crippen molar-refractivity contribution >= 4 is 22.4 Å². The van der Waals surface area contributed by atoms with E-state index in [1.165, 1.54) is 27.5 Å². The Morgan fingerprint density at radius 1 is 1.07 bits per heavy atom. The topological polar surface area (TPSA) is 12.5 Å². The number of hydrogen-bond acceptors (Lipinski definition) is 1. The molecule has 0 N–H and O–H groups in total. The van der Waals surface area contributed by atoms with Gasteiger partial charge in [-0.15, -0.1) is 0 Å². The minimum Gasteiger partial charge on any atom is -0.368 e. The zero-order valence-corrected chi connectivity index (χ0v) is 8.23. The number of hydrogen-bond donors (Lipinski definition) is 0. The van der Waals surface area contributed by atoms with Crippen LogP contribution in [0.5, 0.6) is 0 Å². The Kier molecular flexibility index (Phi) is 1.28. The molecule has 72 valence electrons. The van der Waals surface area contributed by atoms with E-state index in [0.717, 1.165) is 6.61 Å². The Hall–Kier alpha value is -1.60. The third kappa shape index (κ3) is 0.959. The maximum absolute atomic E-state index is 5.39. The molecular formula is C14H10O. The SMILES string of the molecule is C1=C(C2CO2)c2cccc3cccc1c23. The molecule has 2 aromatic rings. The van der Waals surface area contributed by atoms with Crippen LogP contribution in [0.3, 0.4) is 0 Å². The second-order valence-electron chi connectivity index (χ2n) is 4.17. The molecule has 1 fully saturated rings. The van der Waals surface area contributed by atoms with E-state index in [9.17, 15) is 0 Å². The van der Waals surface area contributed by atoms with Crippen LogP contribution >= 0.6 is 0 Å². The van der Waals surface area contributed by atoms with Crippen molar-refractivity contribution in [2.45, 2.75) is 6.10 Å². The van der Waals surface area contributed by atoms with Gasteiger partial charge in [0.15, 0.2) is 0 Å². The summed E-state index contributed by atoms with van der Waals surface area (Å²) in [6, 6.07) is 13.0. The van der Waals surface area contributed by atoms with Crippen LogP contribution < -0.4 is 0 Å². The number of epoxide rings is 1. The van der Waals surface area contributed by atoms with Crippen LogP contribution in [0, 0.1) is 0 Å². The van der Waals surface area contributed by atoms with E-state index in [0.29, 0.717) is 6.10 Å². The average Bonchev–Trinajstić information content (AvgIpc) is 3.05. The lowest BCUT2D eigenvalue weighted by atomic mass is 10.0. The van der Waals surface area contributed by atoms with Crippen LogP contribution in [0.4, 0.5) is 0 Å². The first-order chi connectivity index (χ1) is 7.43. The molecule has 4 rings (SSSR count). The first kappa shape index (κ1) is 7.66. The van der Waals surface area contributed by atoms with Gasteiger partial charge in [0.25, 0.3) is 0 Å². The summed E-state index contributed by atoms with van der Waals surface area (Å²) in [5, 5.41) is 2.72. The highest BCUT2D eigenvalue weighted by atomic mass is 16.6. The maximum Gasteiger partial charge on any atom is 0.107 e. The predicted molar refractivity (Wildman–Crippen MR) is 61.6 cm³/mol. The van der Waals surface area contributed by atoms with Gasteiger partial charge in [-0.25, -0.2) is 0 Å². The molecule has 1 heteroatoms. The average molecular weight is 194 g/mol. The monoisotopic (exact) mass is 194 g/mol. The zero-order chi connectivity index (χ0) is 9.83. The Labute approximate surface area is 88.0 Å². The standard InChI is InChI=1S/C14H10O/c1-3-9-4-2-6-11-12(13-8-15-13)7-10(5-1)14(9)11/h1-7,13H,8H2. The van der Waals surface area contributed by atoms with E-state index in [-0.39, 0.29) is 0 Å². The number of ether oxygens (including phenoxy) is 1. The van der Waals surface area contributed by atoms with Gasteiger partial charge >= 0.3 is 0 Å². The van der Waals surface area contributed by atoms with Gasteiger partial charge in [-0.3, -0.25) is 0 Å². The summed E-state index contributed by atoms with van der Waals surface area (Å²) in [5.74, 6) is 0. The van der Waals surface area contributed by atoms with Gasteiger partial charge in [0.05, 0.1) is 6.61 Å². The van der Waals surface area contributed by atoms with E-state index in [4.69, 9.17) is 4.74 Å². The smallest absolute Gasteiger partial charge is 0.107 e. The molecule has 1 aliphatic carbocycles. The first-order valence-corrected chi connectivity index (χ1v) is 5.29. The Balaban J connectivity index is 2.11. The van der Waals surface area contributed by atoms with Gasteiger partial charge in [-0.2, -0.15) is 0 Å². The Morgan fingerprint density at radius 2 is 1.87 bits per heavy atom. The third-order valence-corrected chi connectivity index (χ3v) is 3.24. The molecule has 1 unspecified atom stereocenters. The molecule has 1 aliphatic heterocycles. The van der Waals surface area contributed by atoms with Crippen molar-refractivity contribution in [1.29, 1.82) is 0 Å². The molecule has 1 atom stereocenters. The normalized spacial score (nSPS) is 21.9. The molecule has 0 radical (unpaired) electrons. The van der Waals surface area contributed by atoms with E-state index in [1.54, 1.807) is 0 Å². The van der Waals surface area contributed by atoms with Gasteiger partial charge in [0.2, 0.25) is 0 Å². The van der Waals surface area contributed by atoms with Gasteiger partial charge in [0.1, 0.15) is 6.10 Å². The maximum atomic E-state index is 5.39. The highest BCUT2D eigenvalue weighted by Crippen LogP contribution is 2.41. The van der Waals surface area contributed by atoms with Crippen molar-refractivity contribution in [2.24, 2.45) is 0 Å². The molecule has 0 spiro atoms. The van der Waals surface area contributed by atoms with Crippen LogP contribution in [-0.2, 0) is 4.74 Å².